The molecule has 1 aliphatic heterocycles. The van der Waals surface area contributed by atoms with Crippen molar-refractivity contribution in [2.45, 2.75) is 32.5 Å². The van der Waals surface area contributed by atoms with Crippen molar-refractivity contribution in [1.29, 1.82) is 0 Å². The van der Waals surface area contributed by atoms with Crippen LogP contribution >= 0.6 is 0 Å². The molecule has 21 heavy (non-hydrogen) atoms. The molecule has 0 aliphatic carbocycles. The quantitative estimate of drug-likeness (QED) is 0.777. The first-order chi connectivity index (χ1) is 9.84. The molecule has 1 N–H and O–H groups in total. The molecule has 0 radical (unpaired) electrons. The number of fused-ring (bicyclic) bond motifs is 1. The first-order valence-electron chi connectivity index (χ1n) is 6.88. The van der Waals surface area contributed by atoms with Crippen LogP contribution < -0.4 is 5.32 Å². The van der Waals surface area contributed by atoms with Crippen molar-refractivity contribution >= 4 is 5.69 Å². The predicted molar refractivity (Wildman–Crippen MR) is 77.4 cm³/mol. The molecule has 1 atom stereocenters. The van der Waals surface area contributed by atoms with Gasteiger partial charge in [0, 0.05) is 5.69 Å². The van der Waals surface area contributed by atoms with E-state index in [0.717, 1.165) is 23.7 Å². The molecule has 0 fully saturated rings. The van der Waals surface area contributed by atoms with Gasteiger partial charge in [-0.2, -0.15) is 13.2 Å². The first kappa shape index (κ1) is 14.0. The lowest BCUT2D eigenvalue weighted by atomic mass is 9.98. The number of benzene rings is 2. The average Bonchev–Trinajstić information content (AvgIpc) is 2.82. The van der Waals surface area contributed by atoms with Gasteiger partial charge in [0.25, 0.3) is 0 Å². The molecule has 2 aromatic carbocycles. The molecule has 1 aliphatic rings. The number of nitrogens with one attached hydrogen (secondary N) is 1. The Kier molecular flexibility index (Phi) is 3.19. The van der Waals surface area contributed by atoms with Gasteiger partial charge in [-0.05, 0) is 60.7 Å². The van der Waals surface area contributed by atoms with E-state index in [1.807, 2.05) is 13.8 Å². The Morgan fingerprint density at radius 3 is 2.57 bits per heavy atom. The summed E-state index contributed by atoms with van der Waals surface area (Å²) in [7, 11) is 0. The van der Waals surface area contributed by atoms with Crippen LogP contribution in [0, 0.1) is 13.8 Å². The summed E-state index contributed by atoms with van der Waals surface area (Å²) < 4.78 is 38.4. The molecule has 110 valence electrons. The summed E-state index contributed by atoms with van der Waals surface area (Å²) in [6, 6.07) is 9.64. The topological polar surface area (TPSA) is 12.0 Å². The van der Waals surface area contributed by atoms with E-state index in [9.17, 15) is 13.2 Å². The van der Waals surface area contributed by atoms with E-state index in [2.05, 4.69) is 17.4 Å². The molecule has 1 nitrogen and oxygen atoms in total. The normalized spacial score (nSPS) is 17.5. The van der Waals surface area contributed by atoms with Gasteiger partial charge in [-0.25, -0.2) is 0 Å². The summed E-state index contributed by atoms with van der Waals surface area (Å²) in [6.07, 6.45) is -3.57. The zero-order valence-electron chi connectivity index (χ0n) is 11.9. The van der Waals surface area contributed by atoms with Gasteiger partial charge in [-0.3, -0.25) is 0 Å². The van der Waals surface area contributed by atoms with Crippen LogP contribution in [-0.2, 0) is 12.6 Å². The van der Waals surface area contributed by atoms with Crippen molar-refractivity contribution < 1.29 is 13.2 Å². The minimum atomic E-state index is -4.30. The summed E-state index contributed by atoms with van der Waals surface area (Å²) in [5.41, 5.74) is 4.66. The number of alkyl halides is 3. The standard InChI is InChI=1S/C17H16F3N/c1-10-6-11(2)14-9-15(21-16(14)7-10)12-4-3-5-13(8-12)17(18,19)20/h3-8,15,21H,9H2,1-2H3. The Bertz CT molecular complexity index is 689. The van der Waals surface area contributed by atoms with E-state index >= 15 is 0 Å². The van der Waals surface area contributed by atoms with Gasteiger partial charge in [-0.1, -0.05) is 18.2 Å². The van der Waals surface area contributed by atoms with Crippen LogP contribution in [0.4, 0.5) is 18.9 Å². The summed E-state index contributed by atoms with van der Waals surface area (Å²) >= 11 is 0. The van der Waals surface area contributed by atoms with Gasteiger partial charge >= 0.3 is 6.18 Å². The first-order valence-corrected chi connectivity index (χ1v) is 6.88. The molecule has 0 spiro atoms. The van der Waals surface area contributed by atoms with Crippen LogP contribution in [0.3, 0.4) is 0 Å². The molecule has 1 unspecified atom stereocenters. The highest BCUT2D eigenvalue weighted by molar-refractivity contribution is 5.62. The fraction of sp³-hybridized carbons (Fsp3) is 0.294. The third-order valence-electron chi connectivity index (χ3n) is 3.97. The Labute approximate surface area is 121 Å². The Hall–Kier alpha value is -1.97. The van der Waals surface area contributed by atoms with Crippen molar-refractivity contribution in [2.75, 3.05) is 5.32 Å². The Morgan fingerprint density at radius 1 is 1.10 bits per heavy atom. The van der Waals surface area contributed by atoms with Crippen LogP contribution in [0.2, 0.25) is 0 Å². The predicted octanol–water partition coefficient (Wildman–Crippen LogP) is 5.03. The lowest BCUT2D eigenvalue weighted by molar-refractivity contribution is -0.137. The zero-order valence-corrected chi connectivity index (χ0v) is 11.9. The van der Waals surface area contributed by atoms with Crippen molar-refractivity contribution in [3.8, 4) is 0 Å². The molecule has 0 saturated heterocycles. The number of rotatable bonds is 1. The highest BCUT2D eigenvalue weighted by atomic mass is 19.4. The Morgan fingerprint density at radius 2 is 1.86 bits per heavy atom. The molecule has 4 heteroatoms. The molecule has 2 aromatic rings. The Balaban J connectivity index is 1.93. The maximum Gasteiger partial charge on any atom is 0.416 e. The summed E-state index contributed by atoms with van der Waals surface area (Å²) in [5, 5.41) is 3.34. The maximum atomic E-state index is 12.8. The lowest BCUT2D eigenvalue weighted by Crippen LogP contribution is -2.09. The highest BCUT2D eigenvalue weighted by Gasteiger charge is 2.32. The molecule has 0 aromatic heterocycles. The van der Waals surface area contributed by atoms with Crippen molar-refractivity contribution in [2.24, 2.45) is 0 Å². The van der Waals surface area contributed by atoms with Crippen LogP contribution in [0.15, 0.2) is 36.4 Å². The second kappa shape index (κ2) is 4.79. The summed E-state index contributed by atoms with van der Waals surface area (Å²) in [4.78, 5) is 0. The number of hydrogen-bond donors (Lipinski definition) is 1. The maximum absolute atomic E-state index is 12.8. The van der Waals surface area contributed by atoms with E-state index in [4.69, 9.17) is 0 Å². The van der Waals surface area contributed by atoms with E-state index in [1.165, 1.54) is 23.3 Å². The van der Waals surface area contributed by atoms with Gasteiger partial charge in [0.2, 0.25) is 0 Å². The fourth-order valence-corrected chi connectivity index (χ4v) is 2.97. The molecule has 3 rings (SSSR count). The monoisotopic (exact) mass is 291 g/mol. The largest absolute Gasteiger partial charge is 0.416 e. The lowest BCUT2D eigenvalue weighted by Gasteiger charge is -2.14. The van der Waals surface area contributed by atoms with Crippen LogP contribution in [0.25, 0.3) is 0 Å². The van der Waals surface area contributed by atoms with E-state index in [-0.39, 0.29) is 6.04 Å². The highest BCUT2D eigenvalue weighted by Crippen LogP contribution is 2.38. The van der Waals surface area contributed by atoms with E-state index in [0.29, 0.717) is 5.56 Å². The zero-order chi connectivity index (χ0) is 15.2. The smallest absolute Gasteiger partial charge is 0.378 e. The van der Waals surface area contributed by atoms with Gasteiger partial charge in [-0.15, -0.1) is 0 Å². The minimum absolute atomic E-state index is 0.0946. The fourth-order valence-electron chi connectivity index (χ4n) is 2.97. The van der Waals surface area contributed by atoms with Crippen LogP contribution in [0.5, 0.6) is 0 Å². The summed E-state index contributed by atoms with van der Waals surface area (Å²) in [6.45, 7) is 4.06. The second-order valence-electron chi connectivity index (χ2n) is 5.63. The van der Waals surface area contributed by atoms with Crippen molar-refractivity contribution in [1.82, 2.24) is 0 Å². The average molecular weight is 291 g/mol. The number of aryl methyl sites for hydroxylation is 2. The second-order valence-corrected chi connectivity index (χ2v) is 5.63. The number of anilines is 1. The van der Waals surface area contributed by atoms with Gasteiger partial charge < -0.3 is 5.32 Å². The number of halogens is 3. The minimum Gasteiger partial charge on any atom is -0.378 e. The van der Waals surface area contributed by atoms with Crippen LogP contribution in [0.1, 0.15) is 33.9 Å². The van der Waals surface area contributed by atoms with E-state index in [1.54, 1.807) is 6.07 Å². The third-order valence-corrected chi connectivity index (χ3v) is 3.97. The molecule has 1 heterocycles. The third kappa shape index (κ3) is 2.62. The van der Waals surface area contributed by atoms with Gasteiger partial charge in [0.1, 0.15) is 0 Å². The van der Waals surface area contributed by atoms with Crippen molar-refractivity contribution in [3.63, 3.8) is 0 Å². The molecular weight excluding hydrogens is 275 g/mol. The SMILES string of the molecule is Cc1cc(C)c2c(c1)NC(c1cccc(C(F)(F)F)c1)C2. The van der Waals surface area contributed by atoms with Crippen molar-refractivity contribution in [3.05, 3.63) is 64.2 Å². The number of hydrogen-bond acceptors (Lipinski definition) is 1. The molecule has 0 bridgehead atoms. The van der Waals surface area contributed by atoms with Crippen LogP contribution in [-0.4, -0.2) is 0 Å². The summed E-state index contributed by atoms with van der Waals surface area (Å²) in [5.74, 6) is 0. The molecular formula is C17H16F3N. The molecule has 0 amide bonds. The van der Waals surface area contributed by atoms with E-state index < -0.39 is 11.7 Å². The van der Waals surface area contributed by atoms with Gasteiger partial charge in [0.15, 0.2) is 0 Å². The molecule has 0 saturated carbocycles. The van der Waals surface area contributed by atoms with Gasteiger partial charge in [0.05, 0.1) is 11.6 Å².